The summed E-state index contributed by atoms with van der Waals surface area (Å²) in [4.78, 5) is 28.8. The van der Waals surface area contributed by atoms with Gasteiger partial charge in [0.25, 0.3) is 0 Å². The average Bonchev–Trinajstić information content (AvgIpc) is 2.64. The first-order valence-corrected chi connectivity index (χ1v) is 9.94. The number of hydrogen-bond acceptors (Lipinski definition) is 3. The third-order valence-electron chi connectivity index (χ3n) is 4.87. The van der Waals surface area contributed by atoms with Gasteiger partial charge in [-0.3, -0.25) is 9.59 Å². The first-order valence-electron chi connectivity index (χ1n) is 9.94. The molecule has 0 aliphatic carbocycles. The minimum absolute atomic E-state index is 0.0811. The van der Waals surface area contributed by atoms with Crippen LogP contribution in [0.5, 0.6) is 0 Å². The normalized spacial score (nSPS) is 12.2. The average molecular weight is 396 g/mol. The third kappa shape index (κ3) is 5.83. The first kappa shape index (κ1) is 22.5. The van der Waals surface area contributed by atoms with Crippen molar-refractivity contribution in [2.45, 2.75) is 47.2 Å². The zero-order valence-electron chi connectivity index (χ0n) is 18.6. The van der Waals surface area contributed by atoms with Crippen LogP contribution >= 0.6 is 0 Å². The van der Waals surface area contributed by atoms with Crippen molar-refractivity contribution in [3.63, 3.8) is 0 Å². The monoisotopic (exact) mass is 395 g/mol. The number of anilines is 2. The Morgan fingerprint density at radius 1 is 1.03 bits per heavy atom. The summed E-state index contributed by atoms with van der Waals surface area (Å²) in [5.41, 5.74) is 3.33. The molecule has 0 heterocycles. The molecule has 2 rings (SSSR count). The molecular formula is C24H33N3O2. The molecule has 0 aliphatic heterocycles. The quantitative estimate of drug-likeness (QED) is 0.761. The lowest BCUT2D eigenvalue weighted by Gasteiger charge is -2.35. The molecule has 0 spiro atoms. The molecule has 0 bridgehead atoms. The molecule has 156 valence electrons. The molecule has 5 nitrogen and oxygen atoms in total. The Labute approximate surface area is 174 Å². The van der Waals surface area contributed by atoms with Gasteiger partial charge in [-0.15, -0.1) is 0 Å². The van der Waals surface area contributed by atoms with Crippen LogP contribution in [0.2, 0.25) is 0 Å². The molecule has 2 aromatic carbocycles. The number of hydrogen-bond donors (Lipinski definition) is 1. The van der Waals surface area contributed by atoms with Crippen LogP contribution in [0, 0.1) is 5.41 Å². The van der Waals surface area contributed by atoms with Crippen molar-refractivity contribution >= 4 is 23.2 Å². The Bertz CT molecular complexity index is 854. The molecule has 2 aromatic rings. The molecular weight excluding hydrogens is 362 g/mol. The summed E-state index contributed by atoms with van der Waals surface area (Å²) in [5, 5.41) is 2.84. The SMILES string of the molecule is CC(=O)Nc1ccc(N(C)C)c(CN(C(=O)C(C)(C)C)[C@@H](C)c2ccccc2)c1. The zero-order valence-corrected chi connectivity index (χ0v) is 18.6. The van der Waals surface area contributed by atoms with Gasteiger partial charge in [-0.05, 0) is 36.2 Å². The van der Waals surface area contributed by atoms with E-state index in [0.29, 0.717) is 6.54 Å². The number of rotatable bonds is 6. The lowest BCUT2D eigenvalue weighted by molar-refractivity contribution is -0.142. The van der Waals surface area contributed by atoms with Crippen LogP contribution in [0.15, 0.2) is 48.5 Å². The van der Waals surface area contributed by atoms with E-state index in [-0.39, 0.29) is 17.9 Å². The highest BCUT2D eigenvalue weighted by Gasteiger charge is 2.31. The van der Waals surface area contributed by atoms with Crippen molar-refractivity contribution in [1.82, 2.24) is 4.90 Å². The molecule has 2 amide bonds. The van der Waals surface area contributed by atoms with Crippen LogP contribution in [0.25, 0.3) is 0 Å². The topological polar surface area (TPSA) is 52.7 Å². The van der Waals surface area contributed by atoms with E-state index in [9.17, 15) is 9.59 Å². The predicted octanol–water partition coefficient (Wildman–Crippen LogP) is 4.85. The Hall–Kier alpha value is -2.82. The maximum absolute atomic E-state index is 13.4. The van der Waals surface area contributed by atoms with Gasteiger partial charge >= 0.3 is 0 Å². The molecule has 0 fully saturated rings. The predicted molar refractivity (Wildman–Crippen MR) is 120 cm³/mol. The van der Waals surface area contributed by atoms with Gasteiger partial charge in [-0.1, -0.05) is 51.1 Å². The minimum atomic E-state index is -0.503. The van der Waals surface area contributed by atoms with E-state index in [1.165, 1.54) is 6.92 Å². The van der Waals surface area contributed by atoms with E-state index in [0.717, 1.165) is 22.5 Å². The van der Waals surface area contributed by atoms with Gasteiger partial charge in [0.05, 0.1) is 6.04 Å². The Morgan fingerprint density at radius 3 is 2.17 bits per heavy atom. The summed E-state index contributed by atoms with van der Waals surface area (Å²) in [6.45, 7) is 9.84. The fourth-order valence-corrected chi connectivity index (χ4v) is 3.34. The molecule has 5 heteroatoms. The summed E-state index contributed by atoms with van der Waals surface area (Å²) in [6, 6.07) is 15.8. The van der Waals surface area contributed by atoms with Gasteiger partial charge in [-0.25, -0.2) is 0 Å². The third-order valence-corrected chi connectivity index (χ3v) is 4.87. The van der Waals surface area contributed by atoms with E-state index in [1.54, 1.807) is 0 Å². The highest BCUT2D eigenvalue weighted by molar-refractivity contribution is 5.89. The lowest BCUT2D eigenvalue weighted by atomic mass is 9.92. The number of benzene rings is 2. The van der Waals surface area contributed by atoms with Crippen molar-refractivity contribution in [3.8, 4) is 0 Å². The van der Waals surface area contributed by atoms with Crippen molar-refractivity contribution < 1.29 is 9.59 Å². The van der Waals surface area contributed by atoms with Crippen LogP contribution in [0.3, 0.4) is 0 Å². The maximum Gasteiger partial charge on any atom is 0.228 e. The highest BCUT2D eigenvalue weighted by atomic mass is 16.2. The summed E-state index contributed by atoms with van der Waals surface area (Å²) in [5.74, 6) is -0.0303. The summed E-state index contributed by atoms with van der Waals surface area (Å²) in [6.07, 6.45) is 0. The van der Waals surface area contributed by atoms with Gasteiger partial charge < -0.3 is 15.1 Å². The van der Waals surface area contributed by atoms with Gasteiger partial charge in [0.2, 0.25) is 11.8 Å². The van der Waals surface area contributed by atoms with Gasteiger partial charge in [-0.2, -0.15) is 0 Å². The van der Waals surface area contributed by atoms with E-state index < -0.39 is 5.41 Å². The van der Waals surface area contributed by atoms with Gasteiger partial charge in [0.1, 0.15) is 0 Å². The number of nitrogens with zero attached hydrogens (tertiary/aromatic N) is 2. The lowest BCUT2D eigenvalue weighted by Crippen LogP contribution is -2.40. The van der Waals surface area contributed by atoms with Crippen LogP contribution in [0.4, 0.5) is 11.4 Å². The largest absolute Gasteiger partial charge is 0.377 e. The maximum atomic E-state index is 13.4. The van der Waals surface area contributed by atoms with Crippen LogP contribution in [0.1, 0.15) is 51.8 Å². The standard InChI is InChI=1S/C24H33N3O2/c1-17(19-11-9-8-10-12-19)27(23(29)24(3,4)5)16-20-15-21(25-18(2)28)13-14-22(20)26(6)7/h8-15,17H,16H2,1-7H3,(H,25,28)/t17-/m0/s1. The second-order valence-electron chi connectivity index (χ2n) is 8.69. The first-order chi connectivity index (χ1) is 13.5. The molecule has 0 radical (unpaired) electrons. The second kappa shape index (κ2) is 9.12. The fraction of sp³-hybridized carbons (Fsp3) is 0.417. The highest BCUT2D eigenvalue weighted by Crippen LogP contribution is 2.32. The van der Waals surface area contributed by atoms with E-state index in [4.69, 9.17) is 0 Å². The van der Waals surface area contributed by atoms with Gasteiger partial charge in [0.15, 0.2) is 0 Å². The number of carbonyl (C=O) groups excluding carboxylic acids is 2. The molecule has 0 aromatic heterocycles. The molecule has 0 unspecified atom stereocenters. The van der Waals surface area contributed by atoms with Crippen molar-refractivity contribution in [1.29, 1.82) is 0 Å². The number of carbonyl (C=O) groups is 2. The molecule has 0 saturated heterocycles. The number of amides is 2. The van der Waals surface area contributed by atoms with Gasteiger partial charge in [0, 0.05) is 44.4 Å². The molecule has 1 atom stereocenters. The summed E-state index contributed by atoms with van der Waals surface area (Å²) in [7, 11) is 3.96. The molecule has 1 N–H and O–H groups in total. The van der Waals surface area contributed by atoms with E-state index in [2.05, 4.69) is 12.2 Å². The molecule has 0 aliphatic rings. The summed E-state index contributed by atoms with van der Waals surface area (Å²) >= 11 is 0. The Kier molecular flexibility index (Phi) is 7.07. The number of nitrogens with one attached hydrogen (secondary N) is 1. The van der Waals surface area contributed by atoms with E-state index in [1.807, 2.05) is 93.2 Å². The fourth-order valence-electron chi connectivity index (χ4n) is 3.34. The van der Waals surface area contributed by atoms with E-state index >= 15 is 0 Å². The second-order valence-corrected chi connectivity index (χ2v) is 8.69. The smallest absolute Gasteiger partial charge is 0.228 e. The minimum Gasteiger partial charge on any atom is -0.377 e. The van der Waals surface area contributed by atoms with Crippen LogP contribution < -0.4 is 10.2 Å². The van der Waals surface area contributed by atoms with Crippen molar-refractivity contribution in [3.05, 3.63) is 59.7 Å². The van der Waals surface area contributed by atoms with Crippen molar-refractivity contribution in [2.75, 3.05) is 24.3 Å². The zero-order chi connectivity index (χ0) is 21.8. The Balaban J connectivity index is 2.49. The molecule has 0 saturated carbocycles. The van der Waals surface area contributed by atoms with Crippen LogP contribution in [-0.2, 0) is 16.1 Å². The summed E-state index contributed by atoms with van der Waals surface area (Å²) < 4.78 is 0. The molecule has 29 heavy (non-hydrogen) atoms. The Morgan fingerprint density at radius 2 is 1.66 bits per heavy atom. The van der Waals surface area contributed by atoms with Crippen molar-refractivity contribution in [2.24, 2.45) is 5.41 Å². The van der Waals surface area contributed by atoms with Crippen LogP contribution in [-0.4, -0.2) is 30.8 Å².